The normalized spacial score (nSPS) is 12.3. The van der Waals surface area contributed by atoms with Gasteiger partial charge in [0.15, 0.2) is 0 Å². The SMILES string of the molecule is O=C(O)CCCCCC(CS)CCC(=O)O. The number of carbonyl (C=O) groups is 2. The van der Waals surface area contributed by atoms with Crippen molar-refractivity contribution < 1.29 is 19.8 Å². The quantitative estimate of drug-likeness (QED) is 0.410. The summed E-state index contributed by atoms with van der Waals surface area (Å²) in [5, 5.41) is 17.0. The van der Waals surface area contributed by atoms with Crippen LogP contribution < -0.4 is 0 Å². The summed E-state index contributed by atoms with van der Waals surface area (Å²) in [6.45, 7) is 0. The van der Waals surface area contributed by atoms with Gasteiger partial charge in [0.25, 0.3) is 0 Å². The van der Waals surface area contributed by atoms with Crippen LogP contribution in [0, 0.1) is 5.92 Å². The molecule has 2 N–H and O–H groups in total. The summed E-state index contributed by atoms with van der Waals surface area (Å²) in [4.78, 5) is 20.6. The van der Waals surface area contributed by atoms with Gasteiger partial charge in [-0.15, -0.1) is 0 Å². The van der Waals surface area contributed by atoms with E-state index in [0.717, 1.165) is 19.3 Å². The van der Waals surface area contributed by atoms with Crippen LogP contribution >= 0.6 is 12.6 Å². The van der Waals surface area contributed by atoms with Gasteiger partial charge in [-0.2, -0.15) is 12.6 Å². The Labute approximate surface area is 101 Å². The first kappa shape index (κ1) is 15.3. The molecule has 0 fully saturated rings. The molecule has 0 bridgehead atoms. The van der Waals surface area contributed by atoms with Crippen LogP contribution in [-0.2, 0) is 9.59 Å². The van der Waals surface area contributed by atoms with Gasteiger partial charge >= 0.3 is 11.9 Å². The predicted molar refractivity (Wildman–Crippen MR) is 64.9 cm³/mol. The Bertz CT molecular complexity index is 218. The molecule has 5 heteroatoms. The topological polar surface area (TPSA) is 74.6 Å². The third-order valence-electron chi connectivity index (χ3n) is 2.53. The lowest BCUT2D eigenvalue weighted by atomic mass is 9.97. The average molecular weight is 248 g/mol. The molecular weight excluding hydrogens is 228 g/mol. The number of hydrogen-bond acceptors (Lipinski definition) is 3. The van der Waals surface area contributed by atoms with Gasteiger partial charge in [-0.25, -0.2) is 0 Å². The summed E-state index contributed by atoms with van der Waals surface area (Å²) < 4.78 is 0. The maximum Gasteiger partial charge on any atom is 0.303 e. The maximum atomic E-state index is 10.4. The van der Waals surface area contributed by atoms with Crippen LogP contribution in [0.1, 0.15) is 44.9 Å². The summed E-state index contributed by atoms with van der Waals surface area (Å²) in [7, 11) is 0. The van der Waals surface area contributed by atoms with Gasteiger partial charge in [0, 0.05) is 12.8 Å². The molecule has 0 heterocycles. The van der Waals surface area contributed by atoms with Crippen LogP contribution in [0.4, 0.5) is 0 Å². The van der Waals surface area contributed by atoms with Crippen molar-refractivity contribution in [2.45, 2.75) is 44.9 Å². The van der Waals surface area contributed by atoms with E-state index in [1.165, 1.54) is 0 Å². The Morgan fingerprint density at radius 1 is 0.938 bits per heavy atom. The fraction of sp³-hybridized carbons (Fsp3) is 0.818. The number of carboxylic acids is 2. The second kappa shape index (κ2) is 9.51. The van der Waals surface area contributed by atoms with E-state index < -0.39 is 11.9 Å². The number of hydrogen-bond donors (Lipinski definition) is 3. The van der Waals surface area contributed by atoms with E-state index in [9.17, 15) is 9.59 Å². The molecule has 0 spiro atoms. The third kappa shape index (κ3) is 9.83. The number of thiol groups is 1. The molecule has 0 radical (unpaired) electrons. The van der Waals surface area contributed by atoms with Crippen molar-refractivity contribution in [1.82, 2.24) is 0 Å². The zero-order chi connectivity index (χ0) is 12.4. The highest BCUT2D eigenvalue weighted by molar-refractivity contribution is 7.80. The summed E-state index contributed by atoms with van der Waals surface area (Å²) >= 11 is 4.19. The number of rotatable bonds is 10. The fourth-order valence-electron chi connectivity index (χ4n) is 1.54. The van der Waals surface area contributed by atoms with Gasteiger partial charge in [0.2, 0.25) is 0 Å². The van der Waals surface area contributed by atoms with Crippen molar-refractivity contribution in [2.75, 3.05) is 5.75 Å². The number of aliphatic carboxylic acids is 2. The number of carboxylic acid groups (broad SMARTS) is 2. The van der Waals surface area contributed by atoms with Crippen LogP contribution in [0.25, 0.3) is 0 Å². The van der Waals surface area contributed by atoms with Crippen LogP contribution in [0.2, 0.25) is 0 Å². The third-order valence-corrected chi connectivity index (χ3v) is 3.04. The smallest absolute Gasteiger partial charge is 0.303 e. The van der Waals surface area contributed by atoms with Gasteiger partial charge in [0.1, 0.15) is 0 Å². The van der Waals surface area contributed by atoms with E-state index in [1.807, 2.05) is 0 Å². The summed E-state index contributed by atoms with van der Waals surface area (Å²) in [5.74, 6) is -0.481. The Balaban J connectivity index is 3.47. The molecule has 0 rings (SSSR count). The Morgan fingerprint density at radius 2 is 1.56 bits per heavy atom. The van der Waals surface area contributed by atoms with E-state index >= 15 is 0 Å². The molecule has 0 saturated carbocycles. The van der Waals surface area contributed by atoms with Gasteiger partial charge in [-0.1, -0.05) is 12.8 Å². The first-order chi connectivity index (χ1) is 7.56. The molecule has 0 aliphatic heterocycles. The molecule has 1 atom stereocenters. The van der Waals surface area contributed by atoms with Crippen molar-refractivity contribution in [1.29, 1.82) is 0 Å². The Morgan fingerprint density at radius 3 is 2.06 bits per heavy atom. The standard InChI is InChI=1S/C11H20O4S/c12-10(13)5-3-1-2-4-9(8-16)6-7-11(14)15/h9,16H,1-8H2,(H,12,13)(H,14,15). The second-order valence-electron chi connectivity index (χ2n) is 3.97. The highest BCUT2D eigenvalue weighted by atomic mass is 32.1. The van der Waals surface area contributed by atoms with Crippen LogP contribution in [-0.4, -0.2) is 27.9 Å². The van der Waals surface area contributed by atoms with E-state index in [0.29, 0.717) is 24.5 Å². The van der Waals surface area contributed by atoms with Crippen molar-refractivity contribution in [3.8, 4) is 0 Å². The minimum Gasteiger partial charge on any atom is -0.481 e. The molecule has 0 aliphatic carbocycles. The summed E-state index contributed by atoms with van der Waals surface area (Å²) in [6, 6.07) is 0. The molecule has 94 valence electrons. The largest absolute Gasteiger partial charge is 0.481 e. The highest BCUT2D eigenvalue weighted by Gasteiger charge is 2.09. The van der Waals surface area contributed by atoms with E-state index in [2.05, 4.69) is 12.6 Å². The van der Waals surface area contributed by atoms with E-state index in [1.54, 1.807) is 0 Å². The number of unbranched alkanes of at least 4 members (excludes halogenated alkanes) is 2. The van der Waals surface area contributed by atoms with Gasteiger partial charge in [-0.05, 0) is 30.9 Å². The summed E-state index contributed by atoms with van der Waals surface area (Å²) in [6.07, 6.45) is 4.57. The molecule has 1 unspecified atom stereocenters. The monoisotopic (exact) mass is 248 g/mol. The molecule has 16 heavy (non-hydrogen) atoms. The average Bonchev–Trinajstić information content (AvgIpc) is 2.21. The first-order valence-electron chi connectivity index (χ1n) is 5.60. The minimum absolute atomic E-state index is 0.195. The first-order valence-corrected chi connectivity index (χ1v) is 6.24. The van der Waals surface area contributed by atoms with Gasteiger partial charge < -0.3 is 10.2 Å². The lowest BCUT2D eigenvalue weighted by molar-refractivity contribution is -0.138. The molecule has 0 aromatic carbocycles. The second-order valence-corrected chi connectivity index (χ2v) is 4.34. The molecule has 0 saturated heterocycles. The Kier molecular flexibility index (Phi) is 9.09. The van der Waals surface area contributed by atoms with Crippen LogP contribution in [0.5, 0.6) is 0 Å². The van der Waals surface area contributed by atoms with E-state index in [-0.39, 0.29) is 12.8 Å². The summed E-state index contributed by atoms with van der Waals surface area (Å²) in [5.41, 5.74) is 0. The van der Waals surface area contributed by atoms with Gasteiger partial charge in [-0.3, -0.25) is 9.59 Å². The lowest BCUT2D eigenvalue weighted by Gasteiger charge is -2.12. The van der Waals surface area contributed by atoms with Crippen LogP contribution in [0.3, 0.4) is 0 Å². The molecule has 4 nitrogen and oxygen atoms in total. The predicted octanol–water partition coefficient (Wildman–Crippen LogP) is 2.43. The zero-order valence-corrected chi connectivity index (χ0v) is 10.3. The molecule has 0 aromatic heterocycles. The molecular formula is C11H20O4S. The lowest BCUT2D eigenvalue weighted by Crippen LogP contribution is -2.06. The zero-order valence-electron chi connectivity index (χ0n) is 9.39. The van der Waals surface area contributed by atoms with Gasteiger partial charge in [0.05, 0.1) is 0 Å². The van der Waals surface area contributed by atoms with Crippen molar-refractivity contribution in [3.63, 3.8) is 0 Å². The fourth-order valence-corrected chi connectivity index (χ4v) is 1.91. The van der Waals surface area contributed by atoms with Crippen molar-refractivity contribution in [3.05, 3.63) is 0 Å². The molecule has 0 amide bonds. The maximum absolute atomic E-state index is 10.4. The minimum atomic E-state index is -0.766. The Hall–Kier alpha value is -0.710. The van der Waals surface area contributed by atoms with E-state index in [4.69, 9.17) is 10.2 Å². The molecule has 0 aliphatic rings. The molecule has 0 aromatic rings. The van der Waals surface area contributed by atoms with Crippen molar-refractivity contribution >= 4 is 24.6 Å². The van der Waals surface area contributed by atoms with Crippen LogP contribution in [0.15, 0.2) is 0 Å². The van der Waals surface area contributed by atoms with Crippen molar-refractivity contribution in [2.24, 2.45) is 5.92 Å². The highest BCUT2D eigenvalue weighted by Crippen LogP contribution is 2.17.